The largest absolute Gasteiger partial charge is 0.481 e. The Morgan fingerprint density at radius 2 is 1.64 bits per heavy atom. The van der Waals surface area contributed by atoms with Crippen molar-refractivity contribution >= 4 is 42.3 Å². The van der Waals surface area contributed by atoms with E-state index in [9.17, 15) is 29.1 Å². The highest BCUT2D eigenvalue weighted by molar-refractivity contribution is 7.80. The molecule has 184 valence electrons. The standard InChI is InChI=1S/C19H30N6O7S/c1-3-9(2)15(20)18(30)25-13(7-33)17(29)23-11(4-10-6-21-8-22-10)16(28)24-12(19(31)32)5-14(26)27/h6,8-9,11-13,15,33H,3-5,7,20H2,1-2H3,(H,21,22)(H,23,29)(H,24,28)(H,25,30)(H,26,27)(H,31,32). The minimum atomic E-state index is -1.70. The summed E-state index contributed by atoms with van der Waals surface area (Å²) in [7, 11) is 0. The van der Waals surface area contributed by atoms with E-state index in [-0.39, 0.29) is 18.1 Å². The molecule has 0 aromatic carbocycles. The molecule has 0 aliphatic rings. The summed E-state index contributed by atoms with van der Waals surface area (Å²) < 4.78 is 0. The van der Waals surface area contributed by atoms with Gasteiger partial charge in [-0.25, -0.2) is 9.78 Å². The van der Waals surface area contributed by atoms with Crippen molar-refractivity contribution in [3.8, 4) is 0 Å². The van der Waals surface area contributed by atoms with Crippen LogP contribution in [-0.4, -0.2) is 79.8 Å². The van der Waals surface area contributed by atoms with Crippen LogP contribution in [0.5, 0.6) is 0 Å². The van der Waals surface area contributed by atoms with Crippen molar-refractivity contribution in [3.63, 3.8) is 0 Å². The Morgan fingerprint density at radius 3 is 2.12 bits per heavy atom. The zero-order valence-electron chi connectivity index (χ0n) is 18.3. The number of nitrogens with zero attached hydrogens (tertiary/aromatic N) is 1. The second kappa shape index (κ2) is 13.4. The molecule has 5 atom stereocenters. The van der Waals surface area contributed by atoms with Crippen LogP contribution in [0.15, 0.2) is 12.5 Å². The van der Waals surface area contributed by atoms with Crippen molar-refractivity contribution in [1.82, 2.24) is 25.9 Å². The van der Waals surface area contributed by atoms with E-state index in [0.717, 1.165) is 0 Å². The molecule has 8 N–H and O–H groups in total. The summed E-state index contributed by atoms with van der Waals surface area (Å²) in [6.45, 7) is 3.66. The zero-order valence-corrected chi connectivity index (χ0v) is 19.2. The molecule has 0 spiro atoms. The molecule has 0 aliphatic carbocycles. The van der Waals surface area contributed by atoms with Crippen molar-refractivity contribution in [1.29, 1.82) is 0 Å². The average molecular weight is 487 g/mol. The molecule has 0 saturated heterocycles. The first-order valence-electron chi connectivity index (χ1n) is 10.2. The number of carbonyl (C=O) groups excluding carboxylic acids is 3. The first-order chi connectivity index (χ1) is 15.5. The van der Waals surface area contributed by atoms with Gasteiger partial charge in [-0.2, -0.15) is 12.6 Å². The van der Waals surface area contributed by atoms with Crippen LogP contribution in [0.1, 0.15) is 32.4 Å². The Balaban J connectivity index is 2.98. The van der Waals surface area contributed by atoms with E-state index < -0.39 is 60.2 Å². The highest BCUT2D eigenvalue weighted by atomic mass is 32.1. The zero-order chi connectivity index (χ0) is 25.1. The molecular weight excluding hydrogens is 456 g/mol. The molecule has 3 amide bonds. The van der Waals surface area contributed by atoms with Crippen molar-refractivity contribution < 1.29 is 34.2 Å². The summed E-state index contributed by atoms with van der Waals surface area (Å²) in [5.74, 6) is -5.42. The number of rotatable bonds is 14. The Kier molecular flexibility index (Phi) is 11.4. The molecule has 5 unspecified atom stereocenters. The number of carbonyl (C=O) groups is 5. The number of aromatic amines is 1. The third kappa shape index (κ3) is 9.10. The molecule has 1 heterocycles. The molecule has 1 aromatic rings. The third-order valence-electron chi connectivity index (χ3n) is 4.98. The Hall–Kier alpha value is -3.13. The highest BCUT2D eigenvalue weighted by Crippen LogP contribution is 2.07. The fourth-order valence-corrected chi connectivity index (χ4v) is 2.98. The van der Waals surface area contributed by atoms with Crippen LogP contribution in [0.25, 0.3) is 0 Å². The van der Waals surface area contributed by atoms with Gasteiger partial charge in [0.2, 0.25) is 17.7 Å². The fourth-order valence-electron chi connectivity index (χ4n) is 2.72. The smallest absolute Gasteiger partial charge is 0.326 e. The molecule has 0 radical (unpaired) electrons. The average Bonchev–Trinajstić information content (AvgIpc) is 3.27. The van der Waals surface area contributed by atoms with Crippen LogP contribution in [0.3, 0.4) is 0 Å². The number of imidazole rings is 1. The lowest BCUT2D eigenvalue weighted by Crippen LogP contribution is -2.58. The number of aliphatic carboxylic acids is 2. The van der Waals surface area contributed by atoms with Crippen LogP contribution >= 0.6 is 12.6 Å². The van der Waals surface area contributed by atoms with E-state index in [1.54, 1.807) is 6.92 Å². The Bertz CT molecular complexity index is 835. The predicted molar refractivity (Wildman–Crippen MR) is 119 cm³/mol. The minimum Gasteiger partial charge on any atom is -0.481 e. The van der Waals surface area contributed by atoms with Crippen molar-refractivity contribution in [3.05, 3.63) is 18.2 Å². The third-order valence-corrected chi connectivity index (χ3v) is 5.35. The van der Waals surface area contributed by atoms with Crippen LogP contribution < -0.4 is 21.7 Å². The van der Waals surface area contributed by atoms with Gasteiger partial charge in [0, 0.05) is 24.1 Å². The van der Waals surface area contributed by atoms with Gasteiger partial charge in [0.1, 0.15) is 18.1 Å². The lowest BCUT2D eigenvalue weighted by Gasteiger charge is -2.25. The minimum absolute atomic E-state index is 0.0973. The number of hydrogen-bond acceptors (Lipinski definition) is 8. The predicted octanol–water partition coefficient (Wildman–Crippen LogP) is -1.73. The first kappa shape index (κ1) is 27.9. The molecular formula is C19H30N6O7S. The number of H-pyrrole nitrogens is 1. The van der Waals surface area contributed by atoms with E-state index in [4.69, 9.17) is 10.8 Å². The number of carboxylic acids is 2. The summed E-state index contributed by atoms with van der Waals surface area (Å²) in [5.41, 5.74) is 6.34. The molecule has 13 nitrogen and oxygen atoms in total. The highest BCUT2D eigenvalue weighted by Gasteiger charge is 2.31. The summed E-state index contributed by atoms with van der Waals surface area (Å²) in [6.07, 6.45) is 2.45. The lowest BCUT2D eigenvalue weighted by molar-refractivity contribution is -0.147. The second-order valence-corrected chi connectivity index (χ2v) is 7.86. The monoisotopic (exact) mass is 486 g/mol. The normalized spacial score (nSPS) is 15.4. The summed E-state index contributed by atoms with van der Waals surface area (Å²) in [5, 5.41) is 25.1. The molecule has 0 fully saturated rings. The van der Waals surface area contributed by atoms with E-state index in [0.29, 0.717) is 12.1 Å². The summed E-state index contributed by atoms with van der Waals surface area (Å²) in [6, 6.07) is -4.97. The summed E-state index contributed by atoms with van der Waals surface area (Å²) in [4.78, 5) is 66.6. The number of nitrogens with two attached hydrogens (primary N) is 1. The van der Waals surface area contributed by atoms with Gasteiger partial charge < -0.3 is 36.9 Å². The van der Waals surface area contributed by atoms with Crippen molar-refractivity contribution in [2.24, 2.45) is 11.7 Å². The van der Waals surface area contributed by atoms with Crippen LogP contribution in [-0.2, 0) is 30.4 Å². The number of amides is 3. The van der Waals surface area contributed by atoms with Gasteiger partial charge in [-0.05, 0) is 5.92 Å². The van der Waals surface area contributed by atoms with Crippen molar-refractivity contribution in [2.45, 2.75) is 57.3 Å². The van der Waals surface area contributed by atoms with Gasteiger partial charge in [-0.15, -0.1) is 0 Å². The molecule has 33 heavy (non-hydrogen) atoms. The number of thiol groups is 1. The fraction of sp³-hybridized carbons (Fsp3) is 0.579. The van der Waals surface area contributed by atoms with Crippen LogP contribution in [0.2, 0.25) is 0 Å². The molecule has 1 aromatic heterocycles. The van der Waals surface area contributed by atoms with E-state index >= 15 is 0 Å². The maximum atomic E-state index is 12.8. The quantitative estimate of drug-likeness (QED) is 0.140. The maximum absolute atomic E-state index is 12.8. The molecule has 0 bridgehead atoms. The maximum Gasteiger partial charge on any atom is 0.326 e. The molecule has 14 heteroatoms. The number of nitrogens with one attached hydrogen (secondary N) is 4. The van der Waals surface area contributed by atoms with Crippen LogP contribution in [0.4, 0.5) is 0 Å². The Labute approximate surface area is 195 Å². The molecule has 0 saturated carbocycles. The summed E-state index contributed by atoms with van der Waals surface area (Å²) >= 11 is 4.08. The van der Waals surface area contributed by atoms with Gasteiger partial charge in [-0.1, -0.05) is 20.3 Å². The van der Waals surface area contributed by atoms with Crippen molar-refractivity contribution in [2.75, 3.05) is 5.75 Å². The van der Waals surface area contributed by atoms with E-state index in [2.05, 4.69) is 38.5 Å². The number of hydrogen-bond donors (Lipinski definition) is 8. The Morgan fingerprint density at radius 1 is 1.06 bits per heavy atom. The van der Waals surface area contributed by atoms with Gasteiger partial charge in [0.05, 0.1) is 18.8 Å². The molecule has 0 aliphatic heterocycles. The van der Waals surface area contributed by atoms with Gasteiger partial charge in [-0.3, -0.25) is 19.2 Å². The lowest BCUT2D eigenvalue weighted by atomic mass is 9.99. The second-order valence-electron chi connectivity index (χ2n) is 7.49. The van der Waals surface area contributed by atoms with Gasteiger partial charge >= 0.3 is 11.9 Å². The number of carboxylic acid groups (broad SMARTS) is 2. The van der Waals surface area contributed by atoms with Crippen LogP contribution in [0, 0.1) is 5.92 Å². The number of aromatic nitrogens is 2. The SMILES string of the molecule is CCC(C)C(N)C(=O)NC(CS)C(=O)NC(Cc1cnc[nH]1)C(=O)NC(CC(=O)O)C(=O)O. The first-order valence-corrected chi connectivity index (χ1v) is 10.8. The molecule has 1 rings (SSSR count). The van der Waals surface area contributed by atoms with Gasteiger partial charge in [0.25, 0.3) is 0 Å². The van der Waals surface area contributed by atoms with Gasteiger partial charge in [0.15, 0.2) is 0 Å². The van der Waals surface area contributed by atoms with E-state index in [1.807, 2.05) is 6.92 Å². The topological polar surface area (TPSA) is 217 Å². The van der Waals surface area contributed by atoms with E-state index in [1.165, 1.54) is 12.5 Å².